The van der Waals surface area contributed by atoms with Crippen molar-refractivity contribution in [1.29, 1.82) is 0 Å². The fraction of sp³-hybridized carbons (Fsp3) is 0.250. The van der Waals surface area contributed by atoms with E-state index in [0.717, 1.165) is 17.2 Å². The molecule has 0 amide bonds. The molecule has 112 valence electrons. The predicted molar refractivity (Wildman–Crippen MR) is 81.4 cm³/mol. The number of nitrogens with one attached hydrogen (secondary N) is 1. The van der Waals surface area contributed by atoms with E-state index in [-0.39, 0.29) is 16.7 Å². The second-order valence-electron chi connectivity index (χ2n) is 4.96. The van der Waals surface area contributed by atoms with Gasteiger partial charge in [0.05, 0.1) is 5.75 Å². The molecule has 1 N–H and O–H groups in total. The average Bonchev–Trinajstić information content (AvgIpc) is 2.46. The van der Waals surface area contributed by atoms with E-state index in [1.807, 2.05) is 31.2 Å². The standard InChI is InChI=1S/C16H18FNO2S/c1-12-7-9-13(10-8-12)15(18-2)11-21(19,20)16-6-4-3-5-14(16)17/h3-10,15,18H,11H2,1-2H3. The third kappa shape index (κ3) is 3.68. The molecular weight excluding hydrogens is 289 g/mol. The van der Waals surface area contributed by atoms with E-state index in [9.17, 15) is 12.8 Å². The van der Waals surface area contributed by atoms with Gasteiger partial charge in [0.2, 0.25) is 0 Å². The van der Waals surface area contributed by atoms with Gasteiger partial charge in [-0.1, -0.05) is 42.0 Å². The highest BCUT2D eigenvalue weighted by Crippen LogP contribution is 2.22. The number of hydrogen-bond acceptors (Lipinski definition) is 3. The van der Waals surface area contributed by atoms with Crippen molar-refractivity contribution in [1.82, 2.24) is 5.32 Å². The molecule has 0 radical (unpaired) electrons. The summed E-state index contributed by atoms with van der Waals surface area (Å²) < 4.78 is 38.5. The van der Waals surface area contributed by atoms with Gasteiger partial charge in [-0.25, -0.2) is 12.8 Å². The number of hydrogen-bond donors (Lipinski definition) is 1. The second-order valence-corrected chi connectivity index (χ2v) is 6.97. The van der Waals surface area contributed by atoms with E-state index in [2.05, 4.69) is 5.32 Å². The van der Waals surface area contributed by atoms with Crippen LogP contribution in [0.25, 0.3) is 0 Å². The Bertz CT molecular complexity index is 711. The predicted octanol–water partition coefficient (Wildman–Crippen LogP) is 2.87. The van der Waals surface area contributed by atoms with Crippen LogP contribution < -0.4 is 5.32 Å². The van der Waals surface area contributed by atoms with Gasteiger partial charge >= 0.3 is 0 Å². The minimum atomic E-state index is -3.70. The lowest BCUT2D eigenvalue weighted by atomic mass is 10.1. The molecule has 2 aromatic rings. The van der Waals surface area contributed by atoms with Gasteiger partial charge < -0.3 is 5.32 Å². The normalized spacial score (nSPS) is 13.1. The van der Waals surface area contributed by atoms with Gasteiger partial charge in [0.25, 0.3) is 0 Å². The summed E-state index contributed by atoms with van der Waals surface area (Å²) in [6.45, 7) is 1.97. The molecule has 2 rings (SSSR count). The Morgan fingerprint density at radius 2 is 1.71 bits per heavy atom. The molecule has 0 spiro atoms. The van der Waals surface area contributed by atoms with Crippen LogP contribution in [0.2, 0.25) is 0 Å². The van der Waals surface area contributed by atoms with Crippen molar-refractivity contribution in [2.75, 3.05) is 12.8 Å². The van der Waals surface area contributed by atoms with Crippen LogP contribution in [0.1, 0.15) is 17.2 Å². The summed E-state index contributed by atoms with van der Waals surface area (Å²) in [5.41, 5.74) is 1.97. The van der Waals surface area contributed by atoms with E-state index in [0.29, 0.717) is 0 Å². The van der Waals surface area contributed by atoms with Crippen LogP contribution >= 0.6 is 0 Å². The van der Waals surface area contributed by atoms with Crippen molar-refractivity contribution in [2.45, 2.75) is 17.9 Å². The van der Waals surface area contributed by atoms with Crippen LogP contribution in [-0.2, 0) is 9.84 Å². The van der Waals surface area contributed by atoms with Gasteiger partial charge in [0.15, 0.2) is 9.84 Å². The summed E-state index contributed by atoms with van der Waals surface area (Å²) in [5, 5.41) is 2.98. The van der Waals surface area contributed by atoms with Crippen molar-refractivity contribution in [3.05, 3.63) is 65.5 Å². The summed E-state index contributed by atoms with van der Waals surface area (Å²) in [4.78, 5) is -0.252. The van der Waals surface area contributed by atoms with Gasteiger partial charge in [-0.3, -0.25) is 0 Å². The Hall–Kier alpha value is -1.72. The molecule has 1 unspecified atom stereocenters. The summed E-state index contributed by atoms with van der Waals surface area (Å²) >= 11 is 0. The number of aryl methyl sites for hydroxylation is 1. The Labute approximate surface area is 124 Å². The fourth-order valence-electron chi connectivity index (χ4n) is 2.15. The van der Waals surface area contributed by atoms with Crippen molar-refractivity contribution in [3.63, 3.8) is 0 Å². The van der Waals surface area contributed by atoms with E-state index in [4.69, 9.17) is 0 Å². The molecule has 0 saturated heterocycles. The van der Waals surface area contributed by atoms with Crippen LogP contribution in [0.5, 0.6) is 0 Å². The topological polar surface area (TPSA) is 46.2 Å². The molecule has 0 aromatic heterocycles. The zero-order valence-corrected chi connectivity index (χ0v) is 12.8. The molecular formula is C16H18FNO2S. The summed E-state index contributed by atoms with van der Waals surface area (Å²) in [5.74, 6) is -0.899. The van der Waals surface area contributed by atoms with Crippen LogP contribution in [0.3, 0.4) is 0 Å². The molecule has 3 nitrogen and oxygen atoms in total. The Morgan fingerprint density at radius 1 is 1.10 bits per heavy atom. The van der Waals surface area contributed by atoms with Gasteiger partial charge in [0.1, 0.15) is 10.7 Å². The van der Waals surface area contributed by atoms with Crippen LogP contribution in [0.4, 0.5) is 4.39 Å². The van der Waals surface area contributed by atoms with Crippen molar-refractivity contribution >= 4 is 9.84 Å². The Kier molecular flexibility index (Phi) is 4.75. The lowest BCUT2D eigenvalue weighted by Gasteiger charge is -2.17. The first-order valence-corrected chi connectivity index (χ1v) is 8.30. The molecule has 0 heterocycles. The SMILES string of the molecule is CNC(CS(=O)(=O)c1ccccc1F)c1ccc(C)cc1. The molecule has 0 fully saturated rings. The first-order valence-electron chi connectivity index (χ1n) is 6.65. The molecule has 0 bridgehead atoms. The molecule has 0 aliphatic carbocycles. The van der Waals surface area contributed by atoms with Gasteiger partial charge in [-0.15, -0.1) is 0 Å². The highest BCUT2D eigenvalue weighted by atomic mass is 32.2. The number of rotatable bonds is 5. The minimum Gasteiger partial charge on any atom is -0.312 e. The van der Waals surface area contributed by atoms with Crippen LogP contribution in [0.15, 0.2) is 53.4 Å². The molecule has 0 aliphatic heterocycles. The Balaban J connectivity index is 2.30. The summed E-state index contributed by atoms with van der Waals surface area (Å²) in [6.07, 6.45) is 0. The molecule has 1 atom stereocenters. The zero-order chi connectivity index (χ0) is 15.5. The molecule has 0 aliphatic rings. The third-order valence-electron chi connectivity index (χ3n) is 3.39. The first-order chi connectivity index (χ1) is 9.94. The molecule has 5 heteroatoms. The number of benzene rings is 2. The highest BCUT2D eigenvalue weighted by Gasteiger charge is 2.24. The van der Waals surface area contributed by atoms with Crippen molar-refractivity contribution in [2.24, 2.45) is 0 Å². The maximum absolute atomic E-state index is 13.7. The molecule has 2 aromatic carbocycles. The van der Waals surface area contributed by atoms with Gasteiger partial charge in [-0.2, -0.15) is 0 Å². The quantitative estimate of drug-likeness (QED) is 0.924. The van der Waals surface area contributed by atoms with Crippen molar-refractivity contribution < 1.29 is 12.8 Å². The van der Waals surface area contributed by atoms with E-state index in [1.165, 1.54) is 18.2 Å². The minimum absolute atomic E-state index is 0.187. The summed E-state index contributed by atoms with van der Waals surface area (Å²) in [7, 11) is -2.00. The maximum atomic E-state index is 13.7. The van der Waals surface area contributed by atoms with Gasteiger partial charge in [-0.05, 0) is 31.7 Å². The molecule has 0 saturated carbocycles. The summed E-state index contributed by atoms with van der Waals surface area (Å²) in [6, 6.07) is 12.7. The largest absolute Gasteiger partial charge is 0.312 e. The fourth-order valence-corrected chi connectivity index (χ4v) is 3.78. The van der Waals surface area contributed by atoms with Crippen LogP contribution in [-0.4, -0.2) is 21.2 Å². The third-order valence-corrected chi connectivity index (χ3v) is 5.16. The van der Waals surface area contributed by atoms with Gasteiger partial charge in [0, 0.05) is 6.04 Å². The lowest BCUT2D eigenvalue weighted by Crippen LogP contribution is -2.25. The first kappa shape index (κ1) is 15.7. The second kappa shape index (κ2) is 6.37. The Morgan fingerprint density at radius 3 is 2.29 bits per heavy atom. The lowest BCUT2D eigenvalue weighted by molar-refractivity contribution is 0.554. The van der Waals surface area contributed by atoms with E-state index >= 15 is 0 Å². The highest BCUT2D eigenvalue weighted by molar-refractivity contribution is 7.91. The smallest absolute Gasteiger partial charge is 0.183 e. The zero-order valence-electron chi connectivity index (χ0n) is 12.0. The van der Waals surface area contributed by atoms with Crippen LogP contribution in [0, 0.1) is 12.7 Å². The molecule has 21 heavy (non-hydrogen) atoms. The maximum Gasteiger partial charge on any atom is 0.183 e. The average molecular weight is 307 g/mol. The van der Waals surface area contributed by atoms with Crippen molar-refractivity contribution in [3.8, 4) is 0 Å². The number of halogens is 1. The van der Waals surface area contributed by atoms with E-state index < -0.39 is 15.7 Å². The monoisotopic (exact) mass is 307 g/mol. The van der Waals surface area contributed by atoms with E-state index in [1.54, 1.807) is 7.05 Å². The number of sulfone groups is 1.